The Morgan fingerprint density at radius 2 is 2.21 bits per heavy atom. The Balaban J connectivity index is 2.46. The lowest BCUT2D eigenvalue weighted by Crippen LogP contribution is -2.45. The summed E-state index contributed by atoms with van der Waals surface area (Å²) in [6.45, 7) is 3.21. The molecule has 1 aromatic carbocycles. The molecule has 0 saturated carbocycles. The van der Waals surface area contributed by atoms with Gasteiger partial charge in [-0.1, -0.05) is 6.92 Å². The molecule has 1 fully saturated rings. The van der Waals surface area contributed by atoms with Gasteiger partial charge in [0.2, 0.25) is 0 Å². The molecule has 1 saturated heterocycles. The highest BCUT2D eigenvalue weighted by molar-refractivity contribution is 9.10. The lowest BCUT2D eigenvalue weighted by atomic mass is 9.72. The van der Waals surface area contributed by atoms with E-state index in [1.165, 1.54) is 6.07 Å². The predicted octanol–water partition coefficient (Wildman–Crippen LogP) is 3.69. The first kappa shape index (κ1) is 14.6. The number of piperidine rings is 1. The fraction of sp³-hybridized carbons (Fsp3) is 0.500. The van der Waals surface area contributed by atoms with Crippen LogP contribution in [0, 0.1) is 17.0 Å². The van der Waals surface area contributed by atoms with Crippen molar-refractivity contribution in [2.45, 2.75) is 26.2 Å². The van der Waals surface area contributed by atoms with Crippen LogP contribution >= 0.6 is 15.9 Å². The Morgan fingerprint density at radius 3 is 2.79 bits per heavy atom. The summed E-state index contributed by atoms with van der Waals surface area (Å²) in [6, 6.07) is 2.40. The Kier molecular flexibility index (Phi) is 4.36. The van der Waals surface area contributed by atoms with Crippen LogP contribution in [0.3, 0.4) is 0 Å². The number of benzene rings is 1. The van der Waals surface area contributed by atoms with Gasteiger partial charge >= 0.3 is 0 Å². The fourth-order valence-electron chi connectivity index (χ4n) is 2.62. The lowest BCUT2D eigenvalue weighted by Gasteiger charge is -2.35. The van der Waals surface area contributed by atoms with E-state index in [0.29, 0.717) is 19.4 Å². The molecule has 0 bridgehead atoms. The summed E-state index contributed by atoms with van der Waals surface area (Å²) >= 11 is 3.00. The van der Waals surface area contributed by atoms with E-state index in [0.717, 1.165) is 19.0 Å². The zero-order chi connectivity index (χ0) is 14.0. The van der Waals surface area contributed by atoms with Crippen molar-refractivity contribution >= 4 is 21.7 Å². The number of hydrogen-bond donors (Lipinski definition) is 1. The summed E-state index contributed by atoms with van der Waals surface area (Å²) in [6.07, 6.45) is 2.09. The first-order valence-corrected chi connectivity index (χ1v) is 7.20. The highest BCUT2D eigenvalue weighted by Gasteiger charge is 2.40. The Bertz CT molecular complexity index is 498. The van der Waals surface area contributed by atoms with E-state index in [9.17, 15) is 13.6 Å². The number of carbonyl (C=O) groups is 1. The quantitative estimate of drug-likeness (QED) is 0.676. The first-order valence-electron chi connectivity index (χ1n) is 6.41. The van der Waals surface area contributed by atoms with Gasteiger partial charge in [0, 0.05) is 12.0 Å². The molecule has 2 rings (SSSR count). The van der Waals surface area contributed by atoms with Crippen LogP contribution in [0.1, 0.15) is 36.5 Å². The SMILES string of the molecule is CCC1(C(=O)c2c(F)ccc(Br)c2F)CCCNC1. The van der Waals surface area contributed by atoms with Crippen LogP contribution in [-0.2, 0) is 0 Å². The Labute approximate surface area is 119 Å². The molecule has 104 valence electrons. The van der Waals surface area contributed by atoms with Crippen molar-refractivity contribution in [3.8, 4) is 0 Å². The number of rotatable bonds is 3. The number of ketones is 1. The highest BCUT2D eigenvalue weighted by Crippen LogP contribution is 2.36. The zero-order valence-corrected chi connectivity index (χ0v) is 12.3. The third kappa shape index (κ3) is 2.58. The summed E-state index contributed by atoms with van der Waals surface area (Å²) in [5, 5.41) is 3.15. The molecule has 0 spiro atoms. The smallest absolute Gasteiger partial charge is 0.176 e. The van der Waals surface area contributed by atoms with Gasteiger partial charge in [-0.25, -0.2) is 8.78 Å². The third-order valence-corrected chi connectivity index (χ3v) is 4.51. The van der Waals surface area contributed by atoms with Crippen molar-refractivity contribution in [1.29, 1.82) is 0 Å². The average molecular weight is 332 g/mol. The summed E-state index contributed by atoms with van der Waals surface area (Å²) < 4.78 is 28.0. The van der Waals surface area contributed by atoms with Crippen LogP contribution in [0.15, 0.2) is 16.6 Å². The molecular weight excluding hydrogens is 316 g/mol. The molecule has 0 aliphatic carbocycles. The Hall–Kier alpha value is -0.810. The zero-order valence-electron chi connectivity index (χ0n) is 10.7. The van der Waals surface area contributed by atoms with Crippen LogP contribution in [0.25, 0.3) is 0 Å². The van der Waals surface area contributed by atoms with Crippen LogP contribution in [-0.4, -0.2) is 18.9 Å². The van der Waals surface area contributed by atoms with E-state index in [1.54, 1.807) is 0 Å². The van der Waals surface area contributed by atoms with Gasteiger partial charge in [-0.2, -0.15) is 0 Å². The lowest BCUT2D eigenvalue weighted by molar-refractivity contribution is 0.0720. The van der Waals surface area contributed by atoms with Gasteiger partial charge in [-0.3, -0.25) is 4.79 Å². The molecule has 19 heavy (non-hydrogen) atoms. The van der Waals surface area contributed by atoms with Crippen LogP contribution < -0.4 is 5.32 Å². The van der Waals surface area contributed by atoms with Gasteiger partial charge in [0.15, 0.2) is 11.6 Å². The maximum absolute atomic E-state index is 14.0. The van der Waals surface area contributed by atoms with Gasteiger partial charge in [-0.05, 0) is 53.9 Å². The van der Waals surface area contributed by atoms with Gasteiger partial charge < -0.3 is 5.32 Å². The van der Waals surface area contributed by atoms with Gasteiger partial charge in [-0.15, -0.1) is 0 Å². The minimum Gasteiger partial charge on any atom is -0.316 e. The van der Waals surface area contributed by atoms with E-state index >= 15 is 0 Å². The second-order valence-electron chi connectivity index (χ2n) is 4.96. The number of halogens is 3. The molecule has 0 radical (unpaired) electrons. The topological polar surface area (TPSA) is 29.1 Å². The van der Waals surface area contributed by atoms with E-state index in [4.69, 9.17) is 0 Å². The second kappa shape index (κ2) is 5.67. The summed E-state index contributed by atoms with van der Waals surface area (Å²) in [5.41, 5.74) is -1.11. The molecule has 0 amide bonds. The molecule has 2 nitrogen and oxygen atoms in total. The number of hydrogen-bond acceptors (Lipinski definition) is 2. The molecule has 1 unspecified atom stereocenters. The van der Waals surface area contributed by atoms with Crippen LogP contribution in [0.2, 0.25) is 0 Å². The highest BCUT2D eigenvalue weighted by atomic mass is 79.9. The molecule has 1 N–H and O–H groups in total. The van der Waals surface area contributed by atoms with E-state index < -0.39 is 28.4 Å². The second-order valence-corrected chi connectivity index (χ2v) is 5.82. The fourth-order valence-corrected chi connectivity index (χ4v) is 2.95. The molecule has 1 heterocycles. The summed E-state index contributed by atoms with van der Waals surface area (Å²) in [4.78, 5) is 12.6. The van der Waals surface area contributed by atoms with Gasteiger partial charge in [0.1, 0.15) is 5.82 Å². The maximum atomic E-state index is 14.0. The molecule has 1 aliphatic rings. The average Bonchev–Trinajstić information content (AvgIpc) is 2.44. The van der Waals surface area contributed by atoms with E-state index in [2.05, 4.69) is 21.2 Å². The van der Waals surface area contributed by atoms with Crippen molar-refractivity contribution in [2.75, 3.05) is 13.1 Å². The molecular formula is C14H16BrF2NO. The van der Waals surface area contributed by atoms with Gasteiger partial charge in [0.25, 0.3) is 0 Å². The summed E-state index contributed by atoms with van der Waals surface area (Å²) in [5.74, 6) is -2.02. The standard InChI is InChI=1S/C14H16BrF2NO/c1-2-14(6-3-7-18-8-14)13(19)11-10(16)5-4-9(15)12(11)17/h4-5,18H,2-3,6-8H2,1H3. The van der Waals surface area contributed by atoms with Crippen molar-refractivity contribution in [1.82, 2.24) is 5.32 Å². The number of carbonyl (C=O) groups excluding carboxylic acids is 1. The van der Waals surface area contributed by atoms with Crippen molar-refractivity contribution < 1.29 is 13.6 Å². The molecule has 1 atom stereocenters. The predicted molar refractivity (Wildman–Crippen MR) is 73.2 cm³/mol. The number of Topliss-reactive ketones (excluding diaryl/α,β-unsaturated/α-hetero) is 1. The first-order chi connectivity index (χ1) is 9.02. The number of nitrogens with one attached hydrogen (secondary N) is 1. The molecule has 1 aromatic rings. The van der Waals surface area contributed by atoms with Crippen molar-refractivity contribution in [3.63, 3.8) is 0 Å². The van der Waals surface area contributed by atoms with Crippen LogP contribution in [0.5, 0.6) is 0 Å². The Morgan fingerprint density at radius 1 is 1.47 bits per heavy atom. The van der Waals surface area contributed by atoms with Crippen molar-refractivity contribution in [2.24, 2.45) is 5.41 Å². The van der Waals surface area contributed by atoms with Crippen LogP contribution in [0.4, 0.5) is 8.78 Å². The normalized spacial score (nSPS) is 23.4. The monoisotopic (exact) mass is 331 g/mol. The molecule has 1 aliphatic heterocycles. The maximum Gasteiger partial charge on any atom is 0.176 e. The minimum absolute atomic E-state index is 0.118. The van der Waals surface area contributed by atoms with Crippen molar-refractivity contribution in [3.05, 3.63) is 33.8 Å². The minimum atomic E-state index is -0.802. The third-order valence-electron chi connectivity index (χ3n) is 3.90. The molecule has 5 heteroatoms. The van der Waals surface area contributed by atoms with E-state index in [-0.39, 0.29) is 4.47 Å². The largest absolute Gasteiger partial charge is 0.316 e. The summed E-state index contributed by atoms with van der Waals surface area (Å²) in [7, 11) is 0. The molecule has 0 aromatic heterocycles. The van der Waals surface area contributed by atoms with Gasteiger partial charge in [0.05, 0.1) is 10.0 Å². The van der Waals surface area contributed by atoms with E-state index in [1.807, 2.05) is 6.92 Å².